The van der Waals surface area contributed by atoms with Crippen molar-refractivity contribution in [1.82, 2.24) is 9.97 Å². The summed E-state index contributed by atoms with van der Waals surface area (Å²) in [6, 6.07) is 6.17. The topological polar surface area (TPSA) is 32.3 Å². The zero-order chi connectivity index (χ0) is 16.8. The molecule has 1 aromatic carbocycles. The van der Waals surface area contributed by atoms with Crippen LogP contribution in [0.15, 0.2) is 18.2 Å². The summed E-state index contributed by atoms with van der Waals surface area (Å²) in [5, 5.41) is 1.30. The largest absolute Gasteiger partial charge is 0.354 e. The van der Waals surface area contributed by atoms with Gasteiger partial charge in [-0.1, -0.05) is 23.2 Å². The molecule has 2 aliphatic heterocycles. The van der Waals surface area contributed by atoms with Gasteiger partial charge in [-0.25, -0.2) is 9.97 Å². The number of fused-ring (bicyclic) bond motifs is 1. The minimum absolute atomic E-state index is 0.538. The molecule has 4 rings (SSSR count). The fourth-order valence-corrected chi connectivity index (χ4v) is 4.27. The Balaban J connectivity index is 1.79. The summed E-state index contributed by atoms with van der Waals surface area (Å²) < 4.78 is 0. The Labute approximate surface area is 152 Å². The van der Waals surface area contributed by atoms with Crippen LogP contribution < -0.4 is 9.80 Å². The molecular formula is C18H20Cl2N4. The lowest BCUT2D eigenvalue weighted by Crippen LogP contribution is -2.28. The van der Waals surface area contributed by atoms with Gasteiger partial charge in [-0.15, -0.1) is 0 Å². The van der Waals surface area contributed by atoms with Crippen LogP contribution in [0.3, 0.4) is 0 Å². The number of halogens is 2. The molecule has 0 radical (unpaired) electrons. The van der Waals surface area contributed by atoms with Crippen molar-refractivity contribution in [2.75, 3.05) is 22.9 Å². The summed E-state index contributed by atoms with van der Waals surface area (Å²) in [5.41, 5.74) is 2.19. The zero-order valence-corrected chi connectivity index (χ0v) is 15.4. The Morgan fingerprint density at radius 2 is 1.92 bits per heavy atom. The summed E-state index contributed by atoms with van der Waals surface area (Å²) in [5.74, 6) is 2.90. The minimum Gasteiger partial charge on any atom is -0.354 e. The van der Waals surface area contributed by atoms with Crippen molar-refractivity contribution in [3.63, 3.8) is 0 Å². The van der Waals surface area contributed by atoms with Crippen LogP contribution in [-0.2, 0) is 6.42 Å². The van der Waals surface area contributed by atoms with E-state index in [2.05, 4.69) is 16.7 Å². The Hall–Kier alpha value is -1.52. The number of hydrogen-bond donors (Lipinski definition) is 0. The molecule has 0 bridgehead atoms. The normalized spacial score (nSPS) is 19.9. The van der Waals surface area contributed by atoms with E-state index in [9.17, 15) is 0 Å². The van der Waals surface area contributed by atoms with Gasteiger partial charge in [0.1, 0.15) is 17.5 Å². The highest BCUT2D eigenvalue weighted by atomic mass is 35.5. The van der Waals surface area contributed by atoms with Crippen molar-refractivity contribution in [3.8, 4) is 0 Å². The third-order valence-electron chi connectivity index (χ3n) is 4.94. The first-order valence-corrected chi connectivity index (χ1v) is 9.17. The predicted molar refractivity (Wildman–Crippen MR) is 100.0 cm³/mol. The number of rotatable bonds is 2. The standard InChI is InChI=1S/C18H20Cl2N4/c1-11-4-3-8-23(11)17-14-7-9-24(18(14)22-12(2)21-17)16-6-5-13(19)10-15(16)20/h5-6,10-11H,3-4,7-9H2,1-2H3. The SMILES string of the molecule is Cc1nc2c(c(N3CCCC3C)n1)CCN2c1ccc(Cl)cc1Cl. The molecule has 0 spiro atoms. The molecule has 1 unspecified atom stereocenters. The molecule has 0 amide bonds. The molecule has 126 valence electrons. The van der Waals surface area contributed by atoms with Gasteiger partial charge in [0.25, 0.3) is 0 Å². The maximum Gasteiger partial charge on any atom is 0.142 e. The van der Waals surface area contributed by atoms with Gasteiger partial charge in [-0.2, -0.15) is 0 Å². The molecule has 6 heteroatoms. The molecule has 2 aliphatic rings. The second-order valence-electron chi connectivity index (χ2n) is 6.58. The minimum atomic E-state index is 0.538. The van der Waals surface area contributed by atoms with Crippen LogP contribution in [0.4, 0.5) is 17.3 Å². The lowest BCUT2D eigenvalue weighted by molar-refractivity contribution is 0.721. The van der Waals surface area contributed by atoms with Crippen molar-refractivity contribution >= 4 is 40.5 Å². The van der Waals surface area contributed by atoms with Crippen LogP contribution in [0.5, 0.6) is 0 Å². The van der Waals surface area contributed by atoms with E-state index in [1.54, 1.807) is 6.07 Å². The highest BCUT2D eigenvalue weighted by molar-refractivity contribution is 6.36. The highest BCUT2D eigenvalue weighted by Crippen LogP contribution is 2.41. The van der Waals surface area contributed by atoms with Crippen LogP contribution in [0.1, 0.15) is 31.2 Å². The van der Waals surface area contributed by atoms with E-state index in [4.69, 9.17) is 33.2 Å². The number of aryl methyl sites for hydroxylation is 1. The summed E-state index contributed by atoms with van der Waals surface area (Å²) in [6.45, 7) is 6.18. The molecule has 1 fully saturated rings. The Morgan fingerprint density at radius 3 is 2.62 bits per heavy atom. The van der Waals surface area contributed by atoms with Gasteiger partial charge in [0.15, 0.2) is 0 Å². The van der Waals surface area contributed by atoms with Gasteiger partial charge in [0, 0.05) is 29.7 Å². The maximum absolute atomic E-state index is 6.43. The van der Waals surface area contributed by atoms with Gasteiger partial charge in [0.2, 0.25) is 0 Å². The number of anilines is 3. The smallest absolute Gasteiger partial charge is 0.142 e. The molecule has 0 N–H and O–H groups in total. The van der Waals surface area contributed by atoms with Gasteiger partial charge in [-0.05, 0) is 51.3 Å². The van der Waals surface area contributed by atoms with E-state index in [0.717, 1.165) is 42.7 Å². The first kappa shape index (κ1) is 16.0. The molecule has 1 saturated heterocycles. The van der Waals surface area contributed by atoms with Crippen LogP contribution in [0.2, 0.25) is 10.0 Å². The van der Waals surface area contributed by atoms with E-state index in [1.807, 2.05) is 19.1 Å². The molecule has 4 nitrogen and oxygen atoms in total. The number of benzene rings is 1. The monoisotopic (exact) mass is 362 g/mol. The first-order valence-electron chi connectivity index (χ1n) is 8.41. The third-order valence-corrected chi connectivity index (χ3v) is 5.48. The average Bonchev–Trinajstić information content (AvgIpc) is 3.13. The molecule has 24 heavy (non-hydrogen) atoms. The van der Waals surface area contributed by atoms with Crippen LogP contribution >= 0.6 is 23.2 Å². The zero-order valence-electron chi connectivity index (χ0n) is 13.9. The van der Waals surface area contributed by atoms with Crippen molar-refractivity contribution in [2.45, 2.75) is 39.2 Å². The Morgan fingerprint density at radius 1 is 1.12 bits per heavy atom. The molecule has 0 aliphatic carbocycles. The van der Waals surface area contributed by atoms with E-state index in [0.29, 0.717) is 16.1 Å². The fourth-order valence-electron chi connectivity index (χ4n) is 3.76. The van der Waals surface area contributed by atoms with Crippen molar-refractivity contribution in [3.05, 3.63) is 39.6 Å². The van der Waals surface area contributed by atoms with Crippen LogP contribution in [0, 0.1) is 6.92 Å². The number of nitrogens with zero attached hydrogens (tertiary/aromatic N) is 4. The first-order chi connectivity index (χ1) is 11.5. The molecule has 3 heterocycles. The highest BCUT2D eigenvalue weighted by Gasteiger charge is 2.32. The molecular weight excluding hydrogens is 343 g/mol. The van der Waals surface area contributed by atoms with Gasteiger partial charge >= 0.3 is 0 Å². The Kier molecular flexibility index (Phi) is 4.05. The third kappa shape index (κ3) is 2.62. The lowest BCUT2D eigenvalue weighted by Gasteiger charge is -2.26. The average molecular weight is 363 g/mol. The van der Waals surface area contributed by atoms with E-state index >= 15 is 0 Å². The fraction of sp³-hybridized carbons (Fsp3) is 0.444. The number of hydrogen-bond acceptors (Lipinski definition) is 4. The summed E-state index contributed by atoms with van der Waals surface area (Å²) in [4.78, 5) is 14.1. The van der Waals surface area contributed by atoms with E-state index in [1.165, 1.54) is 18.4 Å². The Bertz CT molecular complexity index is 793. The second-order valence-corrected chi connectivity index (χ2v) is 7.42. The maximum atomic E-state index is 6.43. The summed E-state index contributed by atoms with van der Waals surface area (Å²) in [7, 11) is 0. The van der Waals surface area contributed by atoms with Gasteiger partial charge < -0.3 is 9.80 Å². The van der Waals surface area contributed by atoms with Gasteiger partial charge in [0.05, 0.1) is 10.7 Å². The lowest BCUT2D eigenvalue weighted by atomic mass is 10.2. The summed E-state index contributed by atoms with van der Waals surface area (Å²) >= 11 is 12.5. The molecule has 1 aromatic heterocycles. The second kappa shape index (κ2) is 6.08. The van der Waals surface area contributed by atoms with E-state index < -0.39 is 0 Å². The number of aromatic nitrogens is 2. The van der Waals surface area contributed by atoms with Crippen molar-refractivity contribution < 1.29 is 0 Å². The molecule has 1 atom stereocenters. The van der Waals surface area contributed by atoms with E-state index in [-0.39, 0.29) is 0 Å². The van der Waals surface area contributed by atoms with Crippen molar-refractivity contribution in [2.24, 2.45) is 0 Å². The van der Waals surface area contributed by atoms with Gasteiger partial charge in [-0.3, -0.25) is 0 Å². The van der Waals surface area contributed by atoms with Crippen LogP contribution in [0.25, 0.3) is 0 Å². The molecule has 2 aromatic rings. The van der Waals surface area contributed by atoms with Crippen molar-refractivity contribution in [1.29, 1.82) is 0 Å². The summed E-state index contributed by atoms with van der Waals surface area (Å²) in [6.07, 6.45) is 3.39. The molecule has 0 saturated carbocycles. The predicted octanol–water partition coefficient (Wildman–Crippen LogP) is 4.77. The van der Waals surface area contributed by atoms with Crippen LogP contribution in [-0.4, -0.2) is 29.1 Å². The quantitative estimate of drug-likeness (QED) is 0.769.